The standard InChI is InChI=1S/C22H23NO4S/c1-15-19-12-13-20(24)21(19)22(15)23(14-16-6-4-3-5-7-16)28(25,26)18-10-8-17(27-2)9-11-18/h3-11,19,21H,12-14H2,1-2H3/t19-,21+/m1/s1. The van der Waals surface area contributed by atoms with Crippen molar-refractivity contribution in [1.29, 1.82) is 0 Å². The van der Waals surface area contributed by atoms with Crippen molar-refractivity contribution in [2.45, 2.75) is 31.2 Å². The quantitative estimate of drug-likeness (QED) is 0.744. The van der Waals surface area contributed by atoms with E-state index in [0.29, 0.717) is 17.9 Å². The van der Waals surface area contributed by atoms with Crippen molar-refractivity contribution in [2.75, 3.05) is 7.11 Å². The maximum Gasteiger partial charge on any atom is 0.264 e. The molecular formula is C22H23NO4S. The van der Waals surface area contributed by atoms with Crippen LogP contribution in [0.2, 0.25) is 0 Å². The van der Waals surface area contributed by atoms with Crippen molar-refractivity contribution in [3.8, 4) is 5.75 Å². The number of benzene rings is 2. The molecule has 0 N–H and O–H groups in total. The summed E-state index contributed by atoms with van der Waals surface area (Å²) >= 11 is 0. The summed E-state index contributed by atoms with van der Waals surface area (Å²) in [5.74, 6) is 0.635. The first-order chi connectivity index (χ1) is 13.4. The summed E-state index contributed by atoms with van der Waals surface area (Å²) in [6, 6.07) is 15.9. The summed E-state index contributed by atoms with van der Waals surface area (Å²) in [6.45, 7) is 2.16. The molecule has 0 amide bonds. The summed E-state index contributed by atoms with van der Waals surface area (Å²) in [7, 11) is -2.27. The molecule has 2 aromatic rings. The number of sulfonamides is 1. The fraction of sp³-hybridized carbons (Fsp3) is 0.318. The Morgan fingerprint density at radius 1 is 1.07 bits per heavy atom. The Morgan fingerprint density at radius 3 is 2.39 bits per heavy atom. The van der Waals surface area contributed by atoms with Crippen LogP contribution in [0.5, 0.6) is 5.75 Å². The van der Waals surface area contributed by atoms with Crippen molar-refractivity contribution < 1.29 is 17.9 Å². The highest BCUT2D eigenvalue weighted by Crippen LogP contribution is 2.51. The predicted octanol–water partition coefficient (Wildman–Crippen LogP) is 3.77. The van der Waals surface area contributed by atoms with E-state index in [9.17, 15) is 13.2 Å². The highest BCUT2D eigenvalue weighted by Gasteiger charge is 2.50. The SMILES string of the molecule is COc1ccc(S(=O)(=O)N(Cc2ccccc2)C2=C(C)[C@H]3CCC(=O)[C@@H]23)cc1. The van der Waals surface area contributed by atoms with Gasteiger partial charge < -0.3 is 4.74 Å². The lowest BCUT2D eigenvalue weighted by molar-refractivity contribution is -0.120. The Morgan fingerprint density at radius 2 is 1.75 bits per heavy atom. The van der Waals surface area contributed by atoms with Crippen LogP contribution in [0.4, 0.5) is 0 Å². The second kappa shape index (κ2) is 7.09. The molecule has 0 aromatic heterocycles. The molecule has 2 aromatic carbocycles. The van der Waals surface area contributed by atoms with Crippen LogP contribution in [0.3, 0.4) is 0 Å². The van der Waals surface area contributed by atoms with E-state index in [0.717, 1.165) is 17.6 Å². The molecular weight excluding hydrogens is 374 g/mol. The molecule has 0 saturated heterocycles. The van der Waals surface area contributed by atoms with Gasteiger partial charge in [0.2, 0.25) is 0 Å². The van der Waals surface area contributed by atoms with Crippen molar-refractivity contribution in [1.82, 2.24) is 4.31 Å². The van der Waals surface area contributed by atoms with Gasteiger partial charge in [-0.1, -0.05) is 30.3 Å². The molecule has 2 aliphatic rings. The van der Waals surface area contributed by atoms with Gasteiger partial charge >= 0.3 is 0 Å². The lowest BCUT2D eigenvalue weighted by atomic mass is 9.74. The fourth-order valence-electron chi connectivity index (χ4n) is 4.27. The zero-order valence-corrected chi connectivity index (χ0v) is 16.8. The van der Waals surface area contributed by atoms with Gasteiger partial charge in [-0.05, 0) is 54.7 Å². The Bertz CT molecular complexity index is 1030. The van der Waals surface area contributed by atoms with Crippen molar-refractivity contribution in [2.24, 2.45) is 11.8 Å². The zero-order chi connectivity index (χ0) is 19.9. The molecule has 0 unspecified atom stereocenters. The first-order valence-corrected chi connectivity index (χ1v) is 10.8. The Kier molecular flexibility index (Phi) is 4.75. The molecule has 0 aliphatic heterocycles. The number of Topliss-reactive ketones (excluding diaryl/α,β-unsaturated/α-hetero) is 1. The monoisotopic (exact) mass is 397 g/mol. The van der Waals surface area contributed by atoms with Crippen LogP contribution in [0.25, 0.3) is 0 Å². The van der Waals surface area contributed by atoms with E-state index in [1.807, 2.05) is 37.3 Å². The Hall–Kier alpha value is -2.60. The predicted molar refractivity (Wildman–Crippen MR) is 106 cm³/mol. The second-order valence-electron chi connectivity index (χ2n) is 7.33. The first-order valence-electron chi connectivity index (χ1n) is 9.37. The molecule has 2 aliphatic carbocycles. The number of ether oxygens (including phenoxy) is 1. The van der Waals surface area contributed by atoms with E-state index in [-0.39, 0.29) is 29.1 Å². The van der Waals surface area contributed by atoms with Crippen LogP contribution in [-0.2, 0) is 21.4 Å². The number of carbonyl (C=O) groups is 1. The lowest BCUT2D eigenvalue weighted by Gasteiger charge is -2.41. The second-order valence-corrected chi connectivity index (χ2v) is 9.19. The van der Waals surface area contributed by atoms with Crippen LogP contribution in [0.1, 0.15) is 25.3 Å². The Labute approximate surface area is 165 Å². The number of hydrogen-bond acceptors (Lipinski definition) is 4. The Balaban J connectivity index is 1.78. The number of methoxy groups -OCH3 is 1. The molecule has 2 atom stereocenters. The fourth-order valence-corrected chi connectivity index (χ4v) is 5.84. The van der Waals surface area contributed by atoms with E-state index >= 15 is 0 Å². The third-order valence-electron chi connectivity index (χ3n) is 5.79. The molecule has 6 heteroatoms. The highest BCUT2D eigenvalue weighted by molar-refractivity contribution is 7.89. The summed E-state index contributed by atoms with van der Waals surface area (Å²) in [4.78, 5) is 12.6. The van der Waals surface area contributed by atoms with E-state index in [1.165, 1.54) is 4.31 Å². The third-order valence-corrected chi connectivity index (χ3v) is 7.56. The van der Waals surface area contributed by atoms with Crippen LogP contribution < -0.4 is 4.74 Å². The van der Waals surface area contributed by atoms with Gasteiger partial charge in [0.25, 0.3) is 10.0 Å². The molecule has 28 heavy (non-hydrogen) atoms. The van der Waals surface area contributed by atoms with Crippen LogP contribution in [-0.4, -0.2) is 25.6 Å². The van der Waals surface area contributed by atoms with Crippen molar-refractivity contribution >= 4 is 15.8 Å². The summed E-state index contributed by atoms with van der Waals surface area (Å²) in [6.07, 6.45) is 1.35. The summed E-state index contributed by atoms with van der Waals surface area (Å²) in [5, 5.41) is 0. The van der Waals surface area contributed by atoms with E-state index in [1.54, 1.807) is 31.4 Å². The van der Waals surface area contributed by atoms with E-state index < -0.39 is 10.0 Å². The van der Waals surface area contributed by atoms with Gasteiger partial charge in [0, 0.05) is 12.1 Å². The number of allylic oxidation sites excluding steroid dienone is 2. The maximum absolute atomic E-state index is 13.6. The number of carbonyl (C=O) groups excluding carboxylic acids is 1. The lowest BCUT2D eigenvalue weighted by Crippen LogP contribution is -2.43. The van der Waals surface area contributed by atoms with Crippen molar-refractivity contribution in [3.05, 3.63) is 71.4 Å². The number of nitrogens with zero attached hydrogens (tertiary/aromatic N) is 1. The molecule has 1 fully saturated rings. The van der Waals surface area contributed by atoms with Gasteiger partial charge in [0.05, 0.1) is 24.5 Å². The average Bonchev–Trinajstić information content (AvgIpc) is 3.05. The summed E-state index contributed by atoms with van der Waals surface area (Å²) < 4.78 is 33.7. The number of rotatable bonds is 6. The molecule has 0 heterocycles. The number of fused-ring (bicyclic) bond motifs is 1. The van der Waals surface area contributed by atoms with Crippen LogP contribution >= 0.6 is 0 Å². The normalized spacial score (nSPS) is 21.3. The van der Waals surface area contributed by atoms with E-state index in [2.05, 4.69) is 0 Å². The molecule has 0 bridgehead atoms. The molecule has 4 rings (SSSR count). The smallest absolute Gasteiger partial charge is 0.264 e. The van der Waals surface area contributed by atoms with Crippen molar-refractivity contribution in [3.63, 3.8) is 0 Å². The number of hydrogen-bond donors (Lipinski definition) is 0. The van der Waals surface area contributed by atoms with Gasteiger partial charge in [-0.3, -0.25) is 9.10 Å². The minimum Gasteiger partial charge on any atom is -0.497 e. The minimum atomic E-state index is -3.81. The zero-order valence-electron chi connectivity index (χ0n) is 16.0. The minimum absolute atomic E-state index is 0.147. The van der Waals surface area contributed by atoms with Gasteiger partial charge in [-0.15, -0.1) is 0 Å². The highest BCUT2D eigenvalue weighted by atomic mass is 32.2. The van der Waals surface area contributed by atoms with Crippen LogP contribution in [0.15, 0.2) is 70.8 Å². The van der Waals surface area contributed by atoms with Gasteiger partial charge in [-0.25, -0.2) is 8.42 Å². The average molecular weight is 397 g/mol. The molecule has 146 valence electrons. The van der Waals surface area contributed by atoms with Crippen LogP contribution in [0, 0.1) is 11.8 Å². The first kappa shape index (κ1) is 18.7. The largest absolute Gasteiger partial charge is 0.497 e. The van der Waals surface area contributed by atoms with Gasteiger partial charge in [0.15, 0.2) is 0 Å². The topological polar surface area (TPSA) is 63.7 Å². The third kappa shape index (κ3) is 3.02. The molecule has 5 nitrogen and oxygen atoms in total. The van der Waals surface area contributed by atoms with Gasteiger partial charge in [0.1, 0.15) is 11.5 Å². The van der Waals surface area contributed by atoms with E-state index in [4.69, 9.17) is 4.74 Å². The summed E-state index contributed by atoms with van der Waals surface area (Å²) in [5.41, 5.74) is 2.56. The molecule has 0 spiro atoms. The van der Waals surface area contributed by atoms with Gasteiger partial charge in [-0.2, -0.15) is 0 Å². The maximum atomic E-state index is 13.6. The molecule has 0 radical (unpaired) electrons. The molecule has 1 saturated carbocycles. The number of ketones is 1.